The van der Waals surface area contributed by atoms with Gasteiger partial charge in [-0.15, -0.1) is 0 Å². The van der Waals surface area contributed by atoms with E-state index >= 15 is 0 Å². The summed E-state index contributed by atoms with van der Waals surface area (Å²) in [6.45, 7) is -0.372. The Morgan fingerprint density at radius 3 is 2.34 bits per heavy atom. The van der Waals surface area contributed by atoms with Crippen LogP contribution < -0.4 is 25.0 Å². The van der Waals surface area contributed by atoms with Gasteiger partial charge in [0.05, 0.1) is 28.6 Å². The van der Waals surface area contributed by atoms with Gasteiger partial charge in [-0.3, -0.25) is 23.7 Å². The third-order valence-corrected chi connectivity index (χ3v) is 11.4. The molecule has 3 aromatic carbocycles. The first-order valence-electron chi connectivity index (χ1n) is 13.1. The van der Waals surface area contributed by atoms with Gasteiger partial charge in [-0.05, 0) is 54.6 Å². The highest BCUT2D eigenvalue weighted by Crippen LogP contribution is 2.55. The maximum atomic E-state index is 14.0. The number of sulfonamides is 1. The largest absolute Gasteiger partial charge is 0.496 e. The maximum absolute atomic E-state index is 14.0. The number of imide groups is 1. The van der Waals surface area contributed by atoms with Gasteiger partial charge in [0.25, 0.3) is 0 Å². The van der Waals surface area contributed by atoms with Crippen molar-refractivity contribution in [3.63, 3.8) is 0 Å². The number of hydrogen-bond donors (Lipinski definition) is 2. The summed E-state index contributed by atoms with van der Waals surface area (Å²) in [7, 11) is -2.39. The Morgan fingerprint density at radius 1 is 1.00 bits per heavy atom. The van der Waals surface area contributed by atoms with Gasteiger partial charge in [-0.1, -0.05) is 57.2 Å². The number of fused-ring (bicyclic) bond motifs is 2. The van der Waals surface area contributed by atoms with E-state index < -0.39 is 43.8 Å². The fourth-order valence-electron chi connectivity index (χ4n) is 5.43. The van der Waals surface area contributed by atoms with Gasteiger partial charge in [0.15, 0.2) is 0 Å². The molecule has 11 nitrogen and oxygen atoms in total. The van der Waals surface area contributed by atoms with Crippen LogP contribution in [0.2, 0.25) is 0 Å². The molecule has 15 heteroatoms. The van der Waals surface area contributed by atoms with E-state index in [0.29, 0.717) is 32.6 Å². The van der Waals surface area contributed by atoms with Crippen LogP contribution in [0, 0.1) is 5.92 Å². The summed E-state index contributed by atoms with van der Waals surface area (Å²) in [5, 5.41) is 7.37. The van der Waals surface area contributed by atoms with E-state index in [1.165, 1.54) is 40.8 Å². The number of amides is 3. The Bertz CT molecular complexity index is 1970. The van der Waals surface area contributed by atoms with Crippen LogP contribution in [-0.4, -0.2) is 43.1 Å². The molecule has 226 valence electrons. The number of carbonyl (C=O) groups is 3. The first-order valence-corrected chi connectivity index (χ1v) is 17.1. The highest BCUT2D eigenvalue weighted by atomic mass is 79.9. The van der Waals surface area contributed by atoms with Crippen LogP contribution in [0.4, 0.5) is 11.4 Å². The van der Waals surface area contributed by atoms with Crippen LogP contribution in [0.15, 0.2) is 92.0 Å². The number of methoxy groups -OCH3 is 1. The molecule has 3 N–H and O–H groups in total. The number of nitrogens with two attached hydrogens (primary N) is 1. The predicted molar refractivity (Wildman–Crippen MR) is 170 cm³/mol. The molecule has 3 amide bonds. The molecule has 4 aromatic rings. The zero-order valence-corrected chi connectivity index (χ0v) is 26.8. The summed E-state index contributed by atoms with van der Waals surface area (Å²) in [4.78, 5) is 55.6. The summed E-state index contributed by atoms with van der Waals surface area (Å²) in [5.74, 6) is -2.34. The van der Waals surface area contributed by atoms with Crippen molar-refractivity contribution in [3.8, 4) is 5.75 Å². The van der Waals surface area contributed by atoms with Crippen molar-refractivity contribution < 1.29 is 27.5 Å². The summed E-state index contributed by atoms with van der Waals surface area (Å²) in [5.41, 5.74) is 1.39. The van der Waals surface area contributed by atoms with Gasteiger partial charge in [0, 0.05) is 26.5 Å². The lowest BCUT2D eigenvalue weighted by molar-refractivity contribution is -0.122. The zero-order chi connectivity index (χ0) is 31.3. The van der Waals surface area contributed by atoms with E-state index in [4.69, 9.17) is 9.88 Å². The first kappa shape index (κ1) is 30.3. The number of para-hydroxylation sites is 1. The molecule has 2 aliphatic heterocycles. The Hall–Kier alpha value is -3.76. The number of thioether (sulfide) groups is 1. The van der Waals surface area contributed by atoms with Crippen molar-refractivity contribution in [1.29, 1.82) is 0 Å². The lowest BCUT2D eigenvalue weighted by atomic mass is 9.82. The molecule has 1 fully saturated rings. The topological polar surface area (TPSA) is 158 Å². The van der Waals surface area contributed by atoms with Gasteiger partial charge in [-0.25, -0.2) is 18.5 Å². The number of ether oxygens (including phenoxy) is 1. The summed E-state index contributed by atoms with van der Waals surface area (Å²) >= 11 is 5.41. The van der Waals surface area contributed by atoms with Gasteiger partial charge >= 0.3 is 4.87 Å². The number of hydrogen-bond acceptors (Lipinski definition) is 9. The number of halogens is 1. The number of benzene rings is 3. The van der Waals surface area contributed by atoms with Gasteiger partial charge in [0.2, 0.25) is 27.7 Å². The molecule has 44 heavy (non-hydrogen) atoms. The molecule has 0 aliphatic carbocycles. The molecule has 0 radical (unpaired) electrons. The van der Waals surface area contributed by atoms with Crippen LogP contribution in [0.3, 0.4) is 0 Å². The molecule has 0 saturated carbocycles. The number of aromatic nitrogens is 1. The standard InChI is InChI=1S/C29H23BrN4O7S3/c1-41-20-5-3-2-4-19(20)22-23-24(27(37)34(26(23)36)17-10-6-15(30)7-11-17)42-28-25(22)43-29(38)33(28)14-21(35)32-16-8-12-18(13-9-16)44(31,39)40/h2-13,22-24H,14H2,1H3,(H,32,35)(H2,31,39,40)/t22-,23?,24?/m1/s1. The lowest BCUT2D eigenvalue weighted by Crippen LogP contribution is -2.33. The van der Waals surface area contributed by atoms with E-state index in [9.17, 15) is 27.6 Å². The normalized spacial score (nSPS) is 19.4. The number of anilines is 2. The molecule has 0 spiro atoms. The van der Waals surface area contributed by atoms with Crippen molar-refractivity contribution in [2.75, 3.05) is 17.3 Å². The minimum absolute atomic E-state index is 0.111. The number of thiazole rings is 1. The molecule has 6 rings (SSSR count). The Kier molecular flexibility index (Phi) is 8.00. The Balaban J connectivity index is 1.39. The monoisotopic (exact) mass is 714 g/mol. The minimum atomic E-state index is -3.90. The molecule has 1 aromatic heterocycles. The van der Waals surface area contributed by atoms with E-state index in [2.05, 4.69) is 21.2 Å². The minimum Gasteiger partial charge on any atom is -0.496 e. The summed E-state index contributed by atoms with van der Waals surface area (Å²) in [6, 6.07) is 19.3. The second kappa shape index (κ2) is 11.6. The van der Waals surface area contributed by atoms with Crippen LogP contribution >= 0.6 is 39.0 Å². The lowest BCUT2D eigenvalue weighted by Gasteiger charge is -2.31. The maximum Gasteiger partial charge on any atom is 0.308 e. The highest BCUT2D eigenvalue weighted by Gasteiger charge is 2.57. The van der Waals surface area contributed by atoms with Gasteiger partial charge in [0.1, 0.15) is 17.5 Å². The fourth-order valence-corrected chi connectivity index (χ4v) is 8.97. The second-order valence-corrected chi connectivity index (χ2v) is 14.6. The molecule has 3 atom stereocenters. The second-order valence-electron chi connectivity index (χ2n) is 10.0. The molecule has 1 saturated heterocycles. The van der Waals surface area contributed by atoms with Crippen LogP contribution in [0.5, 0.6) is 5.75 Å². The molecule has 2 unspecified atom stereocenters. The number of primary sulfonamides is 1. The number of rotatable bonds is 7. The molecule has 0 bridgehead atoms. The van der Waals surface area contributed by atoms with Gasteiger partial charge < -0.3 is 10.1 Å². The summed E-state index contributed by atoms with van der Waals surface area (Å²) in [6.07, 6.45) is 0. The first-order chi connectivity index (χ1) is 21.0. The van der Waals surface area contributed by atoms with E-state index in [-0.39, 0.29) is 17.3 Å². The molecular formula is C29H23BrN4O7S3. The van der Waals surface area contributed by atoms with Crippen LogP contribution in [0.25, 0.3) is 0 Å². The SMILES string of the molecule is COc1ccccc1[C@H]1c2sc(=O)n(CC(=O)Nc3ccc(S(N)(=O)=O)cc3)c2SC2C(=O)N(c3ccc(Br)cc3)C(=O)C21. The van der Waals surface area contributed by atoms with Crippen LogP contribution in [-0.2, 0) is 31.0 Å². The van der Waals surface area contributed by atoms with Crippen molar-refractivity contribution in [2.45, 2.75) is 27.6 Å². The third-order valence-electron chi connectivity index (χ3n) is 7.38. The summed E-state index contributed by atoms with van der Waals surface area (Å²) < 4.78 is 30.8. The van der Waals surface area contributed by atoms with Gasteiger partial charge in [-0.2, -0.15) is 0 Å². The number of nitrogens with one attached hydrogen (secondary N) is 1. The van der Waals surface area contributed by atoms with E-state index in [0.717, 1.165) is 27.6 Å². The van der Waals surface area contributed by atoms with Crippen molar-refractivity contribution in [1.82, 2.24) is 4.57 Å². The van der Waals surface area contributed by atoms with Crippen molar-refractivity contribution in [3.05, 3.63) is 97.4 Å². The quantitative estimate of drug-likeness (QED) is 0.274. The van der Waals surface area contributed by atoms with E-state index in [1.54, 1.807) is 42.5 Å². The smallest absolute Gasteiger partial charge is 0.308 e. The van der Waals surface area contributed by atoms with Crippen molar-refractivity contribution >= 4 is 78.1 Å². The highest BCUT2D eigenvalue weighted by molar-refractivity contribution is 9.10. The number of carbonyl (C=O) groups excluding carboxylic acids is 3. The molecule has 2 aliphatic rings. The Labute approximate surface area is 268 Å². The Morgan fingerprint density at radius 2 is 1.68 bits per heavy atom. The van der Waals surface area contributed by atoms with E-state index in [1.807, 2.05) is 6.07 Å². The molecule has 3 heterocycles. The predicted octanol–water partition coefficient (Wildman–Crippen LogP) is 3.76. The molecular weight excluding hydrogens is 692 g/mol. The van der Waals surface area contributed by atoms with Crippen molar-refractivity contribution in [2.24, 2.45) is 11.1 Å². The van der Waals surface area contributed by atoms with Crippen LogP contribution in [0.1, 0.15) is 16.4 Å². The average molecular weight is 716 g/mol. The average Bonchev–Trinajstić information content (AvgIpc) is 3.43. The third kappa shape index (κ3) is 5.38. The number of nitrogens with zero attached hydrogens (tertiary/aromatic N) is 2. The zero-order valence-electron chi connectivity index (χ0n) is 22.8. The fraction of sp³-hybridized carbons (Fsp3) is 0.172.